The standard InChI is InChI=1S/C18H26N2O/c1-11-4-7-16-15(8-11)10-17(21-16)18(20-19)14-6-5-12(2)13(3)9-14/h4,7-8,10,12-14,18,20H,5-6,9,19H2,1-3H3. The molecule has 2 aromatic rings. The number of benzene rings is 1. The van der Waals surface area contributed by atoms with Gasteiger partial charge in [0.15, 0.2) is 0 Å². The minimum atomic E-state index is 0.118. The lowest BCUT2D eigenvalue weighted by Crippen LogP contribution is -2.36. The highest BCUT2D eigenvalue weighted by atomic mass is 16.3. The average molecular weight is 286 g/mol. The Kier molecular flexibility index (Phi) is 4.05. The Morgan fingerprint density at radius 1 is 1.19 bits per heavy atom. The number of fused-ring (bicyclic) bond motifs is 1. The van der Waals surface area contributed by atoms with Crippen molar-refractivity contribution in [3.63, 3.8) is 0 Å². The first kappa shape index (κ1) is 14.6. The smallest absolute Gasteiger partial charge is 0.134 e. The highest BCUT2D eigenvalue weighted by Crippen LogP contribution is 2.40. The van der Waals surface area contributed by atoms with Gasteiger partial charge in [0, 0.05) is 5.39 Å². The summed E-state index contributed by atoms with van der Waals surface area (Å²) in [6.07, 6.45) is 3.71. The van der Waals surface area contributed by atoms with Crippen LogP contribution < -0.4 is 11.3 Å². The van der Waals surface area contributed by atoms with Crippen LogP contribution in [0.25, 0.3) is 11.0 Å². The van der Waals surface area contributed by atoms with Gasteiger partial charge in [-0.25, -0.2) is 5.43 Å². The molecule has 1 aliphatic carbocycles. The molecule has 0 spiro atoms. The Morgan fingerprint density at radius 3 is 2.71 bits per heavy atom. The van der Waals surface area contributed by atoms with Crippen LogP contribution in [0.15, 0.2) is 28.7 Å². The molecule has 1 heterocycles. The minimum absolute atomic E-state index is 0.118. The molecule has 0 radical (unpaired) electrons. The third kappa shape index (κ3) is 2.85. The number of furan rings is 1. The molecule has 3 nitrogen and oxygen atoms in total. The fourth-order valence-electron chi connectivity index (χ4n) is 3.68. The van der Waals surface area contributed by atoms with E-state index in [-0.39, 0.29) is 6.04 Å². The van der Waals surface area contributed by atoms with Crippen molar-refractivity contribution >= 4 is 11.0 Å². The van der Waals surface area contributed by atoms with Gasteiger partial charge in [0.25, 0.3) is 0 Å². The number of aryl methyl sites for hydroxylation is 1. The van der Waals surface area contributed by atoms with E-state index in [9.17, 15) is 0 Å². The molecule has 3 rings (SSSR count). The summed E-state index contributed by atoms with van der Waals surface area (Å²) in [7, 11) is 0. The van der Waals surface area contributed by atoms with E-state index in [1.807, 2.05) is 6.07 Å². The summed E-state index contributed by atoms with van der Waals surface area (Å²) in [5.41, 5.74) is 5.21. The van der Waals surface area contributed by atoms with Gasteiger partial charge >= 0.3 is 0 Å². The molecule has 1 aromatic heterocycles. The van der Waals surface area contributed by atoms with Crippen molar-refractivity contribution in [2.75, 3.05) is 0 Å². The van der Waals surface area contributed by atoms with Crippen molar-refractivity contribution in [1.29, 1.82) is 0 Å². The predicted octanol–water partition coefficient (Wildman–Crippen LogP) is 4.32. The van der Waals surface area contributed by atoms with E-state index in [1.165, 1.54) is 30.2 Å². The summed E-state index contributed by atoms with van der Waals surface area (Å²) < 4.78 is 6.05. The predicted molar refractivity (Wildman–Crippen MR) is 86.7 cm³/mol. The van der Waals surface area contributed by atoms with Crippen LogP contribution >= 0.6 is 0 Å². The Bertz CT molecular complexity index is 619. The van der Waals surface area contributed by atoms with E-state index in [4.69, 9.17) is 10.3 Å². The SMILES string of the molecule is Cc1ccc2oc(C(NN)C3CCC(C)C(C)C3)cc2c1. The number of nitrogens with one attached hydrogen (secondary N) is 1. The molecule has 1 saturated carbocycles. The Hall–Kier alpha value is -1.32. The molecule has 1 fully saturated rings. The third-order valence-corrected chi connectivity index (χ3v) is 5.29. The lowest BCUT2D eigenvalue weighted by atomic mass is 9.73. The normalized spacial score (nSPS) is 27.9. The second kappa shape index (κ2) is 5.82. The summed E-state index contributed by atoms with van der Waals surface area (Å²) in [6, 6.07) is 8.57. The molecule has 0 aliphatic heterocycles. The van der Waals surface area contributed by atoms with Crippen LogP contribution in [0, 0.1) is 24.7 Å². The van der Waals surface area contributed by atoms with Crippen LogP contribution in [-0.2, 0) is 0 Å². The van der Waals surface area contributed by atoms with Gasteiger partial charge in [0.2, 0.25) is 0 Å². The largest absolute Gasteiger partial charge is 0.459 e. The van der Waals surface area contributed by atoms with Crippen molar-refractivity contribution in [2.24, 2.45) is 23.6 Å². The second-order valence-electron chi connectivity index (χ2n) is 6.86. The van der Waals surface area contributed by atoms with Gasteiger partial charge in [-0.2, -0.15) is 0 Å². The Labute approximate surface area is 126 Å². The summed E-state index contributed by atoms with van der Waals surface area (Å²) in [6.45, 7) is 6.82. The quantitative estimate of drug-likeness (QED) is 0.652. The average Bonchev–Trinajstić information content (AvgIpc) is 2.86. The zero-order valence-electron chi connectivity index (χ0n) is 13.2. The molecule has 1 aliphatic rings. The molecule has 114 valence electrons. The summed E-state index contributed by atoms with van der Waals surface area (Å²) >= 11 is 0. The fourth-order valence-corrected chi connectivity index (χ4v) is 3.68. The van der Waals surface area contributed by atoms with Crippen LogP contribution in [0.3, 0.4) is 0 Å². The van der Waals surface area contributed by atoms with E-state index in [1.54, 1.807) is 0 Å². The molecule has 0 bridgehead atoms. The molecular formula is C18H26N2O. The molecule has 0 saturated heterocycles. The van der Waals surface area contributed by atoms with Crippen LogP contribution in [0.2, 0.25) is 0 Å². The second-order valence-corrected chi connectivity index (χ2v) is 6.86. The maximum atomic E-state index is 6.05. The lowest BCUT2D eigenvalue weighted by Gasteiger charge is -2.35. The zero-order chi connectivity index (χ0) is 15.0. The third-order valence-electron chi connectivity index (χ3n) is 5.29. The van der Waals surface area contributed by atoms with Gasteiger partial charge in [-0.05, 0) is 55.7 Å². The molecule has 4 atom stereocenters. The number of nitrogens with two attached hydrogens (primary N) is 1. The van der Waals surface area contributed by atoms with Gasteiger partial charge in [0.05, 0.1) is 6.04 Å². The van der Waals surface area contributed by atoms with E-state index in [0.717, 1.165) is 23.2 Å². The maximum absolute atomic E-state index is 6.05. The van der Waals surface area contributed by atoms with Crippen molar-refractivity contribution in [1.82, 2.24) is 5.43 Å². The highest BCUT2D eigenvalue weighted by Gasteiger charge is 2.32. The number of hydrazine groups is 1. The fraction of sp³-hybridized carbons (Fsp3) is 0.556. The molecule has 3 heteroatoms. The first-order chi connectivity index (χ1) is 10.1. The Balaban J connectivity index is 1.87. The van der Waals surface area contributed by atoms with Crippen LogP contribution in [-0.4, -0.2) is 0 Å². The molecule has 4 unspecified atom stereocenters. The zero-order valence-corrected chi connectivity index (χ0v) is 13.2. The Morgan fingerprint density at radius 2 is 2.00 bits per heavy atom. The van der Waals surface area contributed by atoms with Gasteiger partial charge in [-0.3, -0.25) is 5.84 Å². The van der Waals surface area contributed by atoms with E-state index in [2.05, 4.69) is 44.4 Å². The highest BCUT2D eigenvalue weighted by molar-refractivity contribution is 5.78. The van der Waals surface area contributed by atoms with Crippen LogP contribution in [0.5, 0.6) is 0 Å². The molecule has 21 heavy (non-hydrogen) atoms. The monoisotopic (exact) mass is 286 g/mol. The van der Waals surface area contributed by atoms with Crippen LogP contribution in [0.4, 0.5) is 0 Å². The molecular weight excluding hydrogens is 260 g/mol. The van der Waals surface area contributed by atoms with Gasteiger partial charge in [-0.15, -0.1) is 0 Å². The number of hydrogen-bond donors (Lipinski definition) is 2. The van der Waals surface area contributed by atoms with Crippen molar-refractivity contribution in [2.45, 2.75) is 46.1 Å². The van der Waals surface area contributed by atoms with Crippen molar-refractivity contribution in [3.05, 3.63) is 35.6 Å². The minimum Gasteiger partial charge on any atom is -0.459 e. The number of rotatable bonds is 3. The molecule has 1 aromatic carbocycles. The van der Waals surface area contributed by atoms with E-state index < -0.39 is 0 Å². The molecule has 0 amide bonds. The maximum Gasteiger partial charge on any atom is 0.134 e. The first-order valence-corrected chi connectivity index (χ1v) is 8.04. The van der Waals surface area contributed by atoms with Crippen molar-refractivity contribution < 1.29 is 4.42 Å². The van der Waals surface area contributed by atoms with Gasteiger partial charge < -0.3 is 4.42 Å². The first-order valence-electron chi connectivity index (χ1n) is 8.04. The topological polar surface area (TPSA) is 51.2 Å². The van der Waals surface area contributed by atoms with E-state index >= 15 is 0 Å². The summed E-state index contributed by atoms with van der Waals surface area (Å²) in [5, 5.41) is 1.17. The van der Waals surface area contributed by atoms with Gasteiger partial charge in [-0.1, -0.05) is 31.9 Å². The molecule has 3 N–H and O–H groups in total. The van der Waals surface area contributed by atoms with Crippen LogP contribution in [0.1, 0.15) is 50.5 Å². The van der Waals surface area contributed by atoms with E-state index in [0.29, 0.717) is 5.92 Å². The van der Waals surface area contributed by atoms with Gasteiger partial charge in [0.1, 0.15) is 11.3 Å². The van der Waals surface area contributed by atoms with Crippen molar-refractivity contribution in [3.8, 4) is 0 Å². The number of hydrogen-bond acceptors (Lipinski definition) is 3. The summed E-state index contributed by atoms with van der Waals surface area (Å²) in [4.78, 5) is 0. The summed E-state index contributed by atoms with van der Waals surface area (Å²) in [5.74, 6) is 8.97. The lowest BCUT2D eigenvalue weighted by molar-refractivity contribution is 0.161.